The van der Waals surface area contributed by atoms with Gasteiger partial charge in [0.25, 0.3) is 11.7 Å². The number of aryl methyl sites for hydroxylation is 1. The van der Waals surface area contributed by atoms with Crippen LogP contribution in [0.15, 0.2) is 66.2 Å². The molecule has 1 heterocycles. The third-order valence-corrected chi connectivity index (χ3v) is 6.22. The molecule has 3 aromatic rings. The van der Waals surface area contributed by atoms with Crippen LogP contribution in [0.3, 0.4) is 0 Å². The number of carbonyl (C=O) groups excluding carboxylic acids is 2. The standard InChI is InChI=1S/C28H27NO7/c1-5-16-10-12-17(13-11-16)25(31)23-24(18-14-21(34-2)27(36-4)22(15-18)35-3)29(28(33)26(23)32)19-8-6-7-9-20(19)30/h6-15,24,30-31H,5H2,1-4H3/b25-23+. The van der Waals surface area contributed by atoms with Gasteiger partial charge in [-0.2, -0.15) is 0 Å². The smallest absolute Gasteiger partial charge is 0.300 e. The van der Waals surface area contributed by atoms with Crippen LogP contribution in [-0.2, 0) is 16.0 Å². The lowest BCUT2D eigenvalue weighted by atomic mass is 9.94. The summed E-state index contributed by atoms with van der Waals surface area (Å²) in [5.74, 6) is -1.34. The number of hydrogen-bond acceptors (Lipinski definition) is 7. The number of carbonyl (C=O) groups is 2. The molecule has 186 valence electrons. The number of benzene rings is 3. The zero-order chi connectivity index (χ0) is 26.0. The molecule has 2 N–H and O–H groups in total. The number of anilines is 1. The molecule has 0 radical (unpaired) electrons. The van der Waals surface area contributed by atoms with Crippen LogP contribution in [0.25, 0.3) is 5.76 Å². The fraction of sp³-hybridized carbons (Fsp3) is 0.214. The first-order chi connectivity index (χ1) is 17.4. The fourth-order valence-electron chi connectivity index (χ4n) is 4.38. The van der Waals surface area contributed by atoms with E-state index in [9.17, 15) is 19.8 Å². The second kappa shape index (κ2) is 10.0. The number of phenolic OH excluding ortho intramolecular Hbond substituents is 1. The minimum Gasteiger partial charge on any atom is -0.507 e. The Morgan fingerprint density at radius 2 is 1.53 bits per heavy atom. The summed E-state index contributed by atoms with van der Waals surface area (Å²) in [7, 11) is 4.38. The van der Waals surface area contributed by atoms with Gasteiger partial charge in [0.2, 0.25) is 5.75 Å². The maximum atomic E-state index is 13.4. The average Bonchev–Trinajstić information content (AvgIpc) is 3.17. The minimum absolute atomic E-state index is 0.123. The van der Waals surface area contributed by atoms with E-state index in [1.807, 2.05) is 19.1 Å². The molecule has 1 saturated heterocycles. The number of ether oxygens (including phenoxy) is 3. The zero-order valence-corrected chi connectivity index (χ0v) is 20.4. The number of aromatic hydroxyl groups is 1. The van der Waals surface area contributed by atoms with E-state index in [-0.39, 0.29) is 22.8 Å². The topological polar surface area (TPSA) is 106 Å². The van der Waals surface area contributed by atoms with Gasteiger partial charge in [-0.25, -0.2) is 0 Å². The van der Waals surface area contributed by atoms with E-state index >= 15 is 0 Å². The molecule has 1 unspecified atom stereocenters. The molecule has 0 spiro atoms. The summed E-state index contributed by atoms with van der Waals surface area (Å²) in [6.07, 6.45) is 0.810. The van der Waals surface area contributed by atoms with Crippen molar-refractivity contribution in [2.45, 2.75) is 19.4 Å². The number of Topliss-reactive ketones (excluding diaryl/α,β-unsaturated/α-hetero) is 1. The number of aliphatic hydroxyl groups is 1. The van der Waals surface area contributed by atoms with Gasteiger partial charge in [-0.1, -0.05) is 43.3 Å². The predicted molar refractivity (Wildman–Crippen MR) is 135 cm³/mol. The molecule has 0 aromatic heterocycles. The van der Waals surface area contributed by atoms with E-state index in [1.54, 1.807) is 36.4 Å². The van der Waals surface area contributed by atoms with Crippen LogP contribution < -0.4 is 19.1 Å². The van der Waals surface area contributed by atoms with Gasteiger partial charge in [0.1, 0.15) is 11.5 Å². The third-order valence-electron chi connectivity index (χ3n) is 6.22. The van der Waals surface area contributed by atoms with Gasteiger partial charge in [-0.05, 0) is 41.8 Å². The highest BCUT2D eigenvalue weighted by Crippen LogP contribution is 2.48. The number of phenols is 1. The highest BCUT2D eigenvalue weighted by molar-refractivity contribution is 6.52. The molecule has 1 fully saturated rings. The number of aliphatic hydroxyl groups excluding tert-OH is 1. The Morgan fingerprint density at radius 3 is 2.06 bits per heavy atom. The molecule has 0 saturated carbocycles. The van der Waals surface area contributed by atoms with E-state index in [1.165, 1.54) is 38.4 Å². The molecule has 0 bridgehead atoms. The Bertz CT molecular complexity index is 1320. The molecule has 36 heavy (non-hydrogen) atoms. The minimum atomic E-state index is -1.09. The highest BCUT2D eigenvalue weighted by Gasteiger charge is 2.48. The summed E-state index contributed by atoms with van der Waals surface area (Å²) in [6.45, 7) is 2.01. The van der Waals surface area contributed by atoms with Crippen molar-refractivity contribution < 1.29 is 34.0 Å². The summed E-state index contributed by atoms with van der Waals surface area (Å²) >= 11 is 0. The number of rotatable bonds is 7. The van der Waals surface area contributed by atoms with Crippen molar-refractivity contribution in [1.29, 1.82) is 0 Å². The first-order valence-electron chi connectivity index (χ1n) is 11.3. The lowest BCUT2D eigenvalue weighted by Crippen LogP contribution is -2.29. The molecular formula is C28H27NO7. The molecule has 1 atom stereocenters. The van der Waals surface area contributed by atoms with Gasteiger partial charge < -0.3 is 24.4 Å². The highest BCUT2D eigenvalue weighted by atomic mass is 16.5. The van der Waals surface area contributed by atoms with Crippen molar-refractivity contribution in [2.75, 3.05) is 26.2 Å². The van der Waals surface area contributed by atoms with Crippen LogP contribution in [0.2, 0.25) is 0 Å². The first kappa shape index (κ1) is 24.7. The van der Waals surface area contributed by atoms with Gasteiger partial charge >= 0.3 is 0 Å². The van der Waals surface area contributed by atoms with E-state index in [2.05, 4.69) is 0 Å². The van der Waals surface area contributed by atoms with Gasteiger partial charge in [-0.3, -0.25) is 14.5 Å². The summed E-state index contributed by atoms with van der Waals surface area (Å²) in [4.78, 5) is 27.9. The average molecular weight is 490 g/mol. The van der Waals surface area contributed by atoms with Crippen molar-refractivity contribution in [3.63, 3.8) is 0 Å². The number of ketones is 1. The second-order valence-corrected chi connectivity index (χ2v) is 8.17. The Morgan fingerprint density at radius 1 is 0.917 bits per heavy atom. The van der Waals surface area contributed by atoms with Crippen LogP contribution >= 0.6 is 0 Å². The Labute approximate surface area is 209 Å². The van der Waals surface area contributed by atoms with Crippen molar-refractivity contribution in [1.82, 2.24) is 0 Å². The third kappa shape index (κ3) is 4.11. The number of para-hydroxylation sites is 2. The predicted octanol–water partition coefficient (Wildman–Crippen LogP) is 4.61. The van der Waals surface area contributed by atoms with E-state index < -0.39 is 17.7 Å². The summed E-state index contributed by atoms with van der Waals surface area (Å²) in [5.41, 5.74) is 1.86. The van der Waals surface area contributed by atoms with Gasteiger partial charge in [0, 0.05) is 5.56 Å². The lowest BCUT2D eigenvalue weighted by Gasteiger charge is -2.27. The van der Waals surface area contributed by atoms with Crippen LogP contribution in [0.4, 0.5) is 5.69 Å². The first-order valence-corrected chi connectivity index (χ1v) is 11.3. The van der Waals surface area contributed by atoms with Crippen molar-refractivity contribution >= 4 is 23.1 Å². The molecule has 4 rings (SSSR count). The fourth-order valence-corrected chi connectivity index (χ4v) is 4.38. The van der Waals surface area contributed by atoms with Crippen molar-refractivity contribution in [2.24, 2.45) is 0 Å². The Kier molecular flexibility index (Phi) is 6.87. The zero-order valence-electron chi connectivity index (χ0n) is 20.4. The monoisotopic (exact) mass is 489 g/mol. The number of nitrogens with zero attached hydrogens (tertiary/aromatic N) is 1. The molecule has 8 heteroatoms. The molecule has 0 aliphatic carbocycles. The van der Waals surface area contributed by atoms with Gasteiger partial charge in [-0.15, -0.1) is 0 Å². The summed E-state index contributed by atoms with van der Waals surface area (Å²) in [6, 6.07) is 15.4. The molecule has 1 aliphatic rings. The molecule has 8 nitrogen and oxygen atoms in total. The van der Waals surface area contributed by atoms with Crippen LogP contribution in [0.5, 0.6) is 23.0 Å². The molecule has 3 aromatic carbocycles. The van der Waals surface area contributed by atoms with E-state index in [0.717, 1.165) is 12.0 Å². The largest absolute Gasteiger partial charge is 0.507 e. The van der Waals surface area contributed by atoms with E-state index in [4.69, 9.17) is 14.2 Å². The Hall–Kier alpha value is -4.46. The van der Waals surface area contributed by atoms with E-state index in [0.29, 0.717) is 28.4 Å². The summed E-state index contributed by atoms with van der Waals surface area (Å²) < 4.78 is 16.4. The number of methoxy groups -OCH3 is 3. The van der Waals surface area contributed by atoms with Crippen molar-refractivity contribution in [3.05, 3.63) is 82.9 Å². The van der Waals surface area contributed by atoms with Crippen LogP contribution in [0, 0.1) is 0 Å². The van der Waals surface area contributed by atoms with Crippen LogP contribution in [-0.4, -0.2) is 43.2 Å². The van der Waals surface area contributed by atoms with Crippen molar-refractivity contribution in [3.8, 4) is 23.0 Å². The summed E-state index contributed by atoms with van der Waals surface area (Å²) in [5, 5.41) is 21.9. The van der Waals surface area contributed by atoms with Gasteiger partial charge in [0.15, 0.2) is 11.5 Å². The lowest BCUT2D eigenvalue weighted by molar-refractivity contribution is -0.132. The normalized spacial score (nSPS) is 16.8. The van der Waals surface area contributed by atoms with Crippen LogP contribution in [0.1, 0.15) is 29.7 Å². The molecule has 1 aliphatic heterocycles. The Balaban J connectivity index is 2.01. The second-order valence-electron chi connectivity index (χ2n) is 8.17. The van der Waals surface area contributed by atoms with Gasteiger partial charge in [0.05, 0.1) is 38.6 Å². The number of hydrogen-bond donors (Lipinski definition) is 2. The SMILES string of the molecule is CCc1ccc(/C(O)=C2\C(=O)C(=O)N(c3ccccc3O)C2c2cc(OC)c(OC)c(OC)c2)cc1. The molecular weight excluding hydrogens is 462 g/mol. The molecule has 1 amide bonds. The number of amides is 1. The quantitative estimate of drug-likeness (QED) is 0.284. The maximum absolute atomic E-state index is 13.4. The maximum Gasteiger partial charge on any atom is 0.300 e.